The Morgan fingerprint density at radius 2 is 1.67 bits per heavy atom. The van der Waals surface area contributed by atoms with Crippen molar-refractivity contribution in [2.24, 2.45) is 0 Å². The molecule has 0 unspecified atom stereocenters. The second-order valence-electron chi connectivity index (χ2n) is 5.56. The van der Waals surface area contributed by atoms with Gasteiger partial charge in [0.05, 0.1) is 0 Å². The van der Waals surface area contributed by atoms with E-state index in [2.05, 4.69) is 11.0 Å². The molecule has 1 saturated carbocycles. The molecule has 3 rings (SSSR count). The van der Waals surface area contributed by atoms with Crippen LogP contribution in [0.15, 0.2) is 24.3 Å². The van der Waals surface area contributed by atoms with E-state index < -0.39 is 16.1 Å². The Labute approximate surface area is 164 Å². The van der Waals surface area contributed by atoms with Crippen LogP contribution in [0.4, 0.5) is 0 Å². The number of amides is 1. The van der Waals surface area contributed by atoms with Crippen molar-refractivity contribution < 1.29 is 52.4 Å². The molecular formula is C15H21N2NaO5S. The average molecular weight is 364 g/mol. The molecule has 2 N–H and O–H groups in total. The van der Waals surface area contributed by atoms with E-state index in [0.717, 1.165) is 37.8 Å². The number of nitrogens with zero attached hydrogens (tertiary/aromatic N) is 2. The van der Waals surface area contributed by atoms with Gasteiger partial charge in [-0.05, 0) is 12.8 Å². The molecule has 1 aliphatic carbocycles. The topological polar surface area (TPSA) is 98.2 Å². The van der Waals surface area contributed by atoms with Crippen LogP contribution in [0, 0.1) is 6.07 Å². The van der Waals surface area contributed by atoms with Crippen LogP contribution >= 0.6 is 0 Å². The molecule has 1 aromatic carbocycles. The third-order valence-electron chi connectivity index (χ3n) is 3.79. The smallest absolute Gasteiger partial charge is 0.378 e. The van der Waals surface area contributed by atoms with Crippen LogP contribution in [0.2, 0.25) is 0 Å². The fraction of sp³-hybridized carbons (Fsp3) is 0.533. The number of piperazine rings is 1. The maximum Gasteiger partial charge on any atom is 1.00 e. The zero-order valence-corrected chi connectivity index (χ0v) is 16.6. The second-order valence-corrected chi connectivity index (χ2v) is 6.98. The van der Waals surface area contributed by atoms with E-state index in [1.165, 1.54) is 12.8 Å². The summed E-state index contributed by atoms with van der Waals surface area (Å²) in [4.78, 5) is 16.7. The van der Waals surface area contributed by atoms with Crippen LogP contribution in [-0.4, -0.2) is 71.9 Å². The number of aliphatic hydroxyl groups excluding tert-OH is 1. The Balaban J connectivity index is 0.000000359. The van der Waals surface area contributed by atoms with Gasteiger partial charge >= 0.3 is 29.6 Å². The molecule has 1 heterocycles. The predicted molar refractivity (Wildman–Crippen MR) is 84.4 cm³/mol. The zero-order chi connectivity index (χ0) is 16.9. The molecule has 7 nitrogen and oxygen atoms in total. The summed E-state index contributed by atoms with van der Waals surface area (Å²) in [6, 6.07) is 11.0. The van der Waals surface area contributed by atoms with Crippen molar-refractivity contribution in [2.75, 3.05) is 32.1 Å². The molecule has 2 aliphatic rings. The number of carbonyl (C=O) groups excluding carboxylic acids is 1. The van der Waals surface area contributed by atoms with Gasteiger partial charge in [-0.25, -0.2) is 0 Å². The summed E-state index contributed by atoms with van der Waals surface area (Å²) in [6.45, 7) is 3.81. The number of hydrogen-bond donors (Lipinski definition) is 2. The molecule has 0 bridgehead atoms. The molecule has 24 heavy (non-hydrogen) atoms. The first-order valence-electron chi connectivity index (χ1n) is 7.46. The third kappa shape index (κ3) is 7.18. The fourth-order valence-electron chi connectivity index (χ4n) is 2.44. The molecule has 9 heteroatoms. The fourth-order valence-corrected chi connectivity index (χ4v) is 2.44. The average Bonchev–Trinajstić information content (AvgIpc) is 3.40. The Bertz CT molecular complexity index is 614. The van der Waals surface area contributed by atoms with Crippen molar-refractivity contribution >= 4 is 16.0 Å². The molecule has 0 radical (unpaired) electrons. The van der Waals surface area contributed by atoms with Crippen LogP contribution in [-0.2, 0) is 10.1 Å². The number of aliphatic hydroxyl groups is 1. The normalized spacial score (nSPS) is 18.2. The first kappa shape index (κ1) is 21.6. The molecular weight excluding hydrogens is 343 g/mol. The SMILES string of the molecule is O=C(c1cc[c-]cc1)N1CCN(C2CC2)CC1.O=S(=O)(O)CO.[Na+]. The second kappa shape index (κ2) is 9.86. The van der Waals surface area contributed by atoms with Gasteiger partial charge in [-0.15, -0.1) is 0 Å². The van der Waals surface area contributed by atoms with E-state index in [-0.39, 0.29) is 35.5 Å². The predicted octanol–water partition coefficient (Wildman–Crippen LogP) is -2.77. The number of carbonyl (C=O) groups is 1. The van der Waals surface area contributed by atoms with E-state index in [1.54, 1.807) is 12.1 Å². The van der Waals surface area contributed by atoms with Gasteiger partial charge in [0.25, 0.3) is 10.1 Å². The first-order chi connectivity index (χ1) is 10.9. The summed E-state index contributed by atoms with van der Waals surface area (Å²) in [6.07, 6.45) is 2.70. The van der Waals surface area contributed by atoms with E-state index in [9.17, 15) is 13.2 Å². The molecule has 1 aromatic rings. The molecule has 1 aliphatic heterocycles. The van der Waals surface area contributed by atoms with Crippen molar-refractivity contribution in [2.45, 2.75) is 18.9 Å². The summed E-state index contributed by atoms with van der Waals surface area (Å²) in [5.74, 6) is -1.04. The van der Waals surface area contributed by atoms with Gasteiger partial charge in [0, 0.05) is 32.2 Å². The zero-order valence-electron chi connectivity index (χ0n) is 13.8. The minimum absolute atomic E-state index is 0. The Morgan fingerprint density at radius 3 is 2.08 bits per heavy atom. The Kier molecular flexibility index (Phi) is 8.86. The summed E-state index contributed by atoms with van der Waals surface area (Å²) in [5, 5.41) is 7.56. The van der Waals surface area contributed by atoms with Crippen LogP contribution in [0.5, 0.6) is 0 Å². The van der Waals surface area contributed by atoms with Gasteiger partial charge < -0.3 is 10.0 Å². The molecule has 1 amide bonds. The quantitative estimate of drug-likeness (QED) is 0.343. The van der Waals surface area contributed by atoms with Crippen molar-refractivity contribution in [3.8, 4) is 0 Å². The molecule has 0 aromatic heterocycles. The summed E-state index contributed by atoms with van der Waals surface area (Å²) >= 11 is 0. The van der Waals surface area contributed by atoms with Gasteiger partial charge in [0.2, 0.25) is 5.91 Å². The summed E-state index contributed by atoms with van der Waals surface area (Å²) < 4.78 is 26.2. The van der Waals surface area contributed by atoms with Crippen LogP contribution in [0.1, 0.15) is 23.2 Å². The van der Waals surface area contributed by atoms with Gasteiger partial charge in [0.15, 0.2) is 5.94 Å². The van der Waals surface area contributed by atoms with Crippen LogP contribution < -0.4 is 29.6 Å². The van der Waals surface area contributed by atoms with Gasteiger partial charge in [-0.1, -0.05) is 5.56 Å². The summed E-state index contributed by atoms with van der Waals surface area (Å²) in [7, 11) is -4.11. The minimum atomic E-state index is -4.11. The largest absolute Gasteiger partial charge is 1.00 e. The molecule has 2 fully saturated rings. The monoisotopic (exact) mass is 364 g/mol. The van der Waals surface area contributed by atoms with Crippen molar-refractivity contribution in [1.29, 1.82) is 0 Å². The maximum atomic E-state index is 12.2. The minimum Gasteiger partial charge on any atom is -0.378 e. The van der Waals surface area contributed by atoms with Crippen molar-refractivity contribution in [1.82, 2.24) is 9.80 Å². The Morgan fingerprint density at radius 1 is 1.17 bits per heavy atom. The van der Waals surface area contributed by atoms with Crippen LogP contribution in [0.3, 0.4) is 0 Å². The molecule has 0 spiro atoms. The van der Waals surface area contributed by atoms with E-state index in [0.29, 0.717) is 0 Å². The van der Waals surface area contributed by atoms with Crippen molar-refractivity contribution in [3.05, 3.63) is 35.9 Å². The number of benzene rings is 1. The maximum absolute atomic E-state index is 12.2. The first-order valence-corrected chi connectivity index (χ1v) is 9.07. The van der Waals surface area contributed by atoms with E-state index in [1.807, 2.05) is 17.0 Å². The molecule has 128 valence electrons. The number of rotatable bonds is 3. The van der Waals surface area contributed by atoms with Gasteiger partial charge in [-0.2, -0.15) is 38.7 Å². The van der Waals surface area contributed by atoms with E-state index >= 15 is 0 Å². The summed E-state index contributed by atoms with van der Waals surface area (Å²) in [5.41, 5.74) is 0.781. The number of hydrogen-bond acceptors (Lipinski definition) is 5. The molecule has 0 atom stereocenters. The van der Waals surface area contributed by atoms with Gasteiger partial charge in [0.1, 0.15) is 0 Å². The standard InChI is InChI=1S/C14H17N2O.CH4O4S.Na/c17-14(12-4-2-1-3-5-12)16-10-8-15(9-11-16)13-6-7-13;2-1-6(3,4)5;/h2-5,13H,6-11H2;2H,1H2,(H,3,4,5);/q-1;;+1. The molecule has 1 saturated heterocycles. The van der Waals surface area contributed by atoms with Crippen LogP contribution in [0.25, 0.3) is 0 Å². The van der Waals surface area contributed by atoms with Crippen molar-refractivity contribution in [3.63, 3.8) is 0 Å². The third-order valence-corrected chi connectivity index (χ3v) is 4.12. The van der Waals surface area contributed by atoms with E-state index in [4.69, 9.17) is 9.66 Å². The Hall–Kier alpha value is -0.480. The van der Waals surface area contributed by atoms with Gasteiger partial charge in [-0.3, -0.25) is 14.2 Å².